The molecule has 32 heavy (non-hydrogen) atoms. The minimum Gasteiger partial charge on any atom is -0.480 e. The van der Waals surface area contributed by atoms with Crippen molar-refractivity contribution in [3.63, 3.8) is 0 Å². The lowest BCUT2D eigenvalue weighted by Crippen LogP contribution is -2.65. The van der Waals surface area contributed by atoms with Crippen LogP contribution in [-0.2, 0) is 14.4 Å². The summed E-state index contributed by atoms with van der Waals surface area (Å²) in [4.78, 5) is 33.4. The van der Waals surface area contributed by atoms with Crippen molar-refractivity contribution in [2.75, 3.05) is 6.54 Å². The van der Waals surface area contributed by atoms with Crippen LogP contribution in [0.1, 0.15) is 77.0 Å². The lowest BCUT2D eigenvalue weighted by molar-refractivity contribution is -0.182. The van der Waals surface area contributed by atoms with E-state index in [0.717, 1.165) is 51.4 Å². The first-order chi connectivity index (χ1) is 14.9. The molecule has 0 aromatic heterocycles. The minimum atomic E-state index is -1.33. The van der Waals surface area contributed by atoms with Crippen LogP contribution < -0.4 is 5.32 Å². The van der Waals surface area contributed by atoms with Gasteiger partial charge in [0.15, 0.2) is 0 Å². The third-order valence-electron chi connectivity index (χ3n) is 9.35. The maximum Gasteiger partial charge on any atom is 0.372 e. The molecule has 0 heterocycles. The molecule has 8 aliphatic rings. The van der Waals surface area contributed by atoms with Gasteiger partial charge in [0.2, 0.25) is 5.78 Å². The summed E-state index contributed by atoms with van der Waals surface area (Å²) in [6.07, 6.45) is 10.3. The van der Waals surface area contributed by atoms with Crippen molar-refractivity contribution >= 4 is 17.7 Å². The third kappa shape index (κ3) is 3.88. The number of carboxylic acids is 2. The van der Waals surface area contributed by atoms with Gasteiger partial charge in [-0.2, -0.15) is 0 Å². The van der Waals surface area contributed by atoms with Crippen molar-refractivity contribution in [2.24, 2.45) is 29.1 Å². The molecule has 4 unspecified atom stereocenters. The van der Waals surface area contributed by atoms with Gasteiger partial charge in [-0.05, 0) is 101 Å². The standard InChI is InChI=1S/C12H19NO3.C12H16O4/c14-10(15)6-13-11-2-8-1-9(3-11)5-12(16,4-8)7-11;13-9(10(14)15)11-2-7-1-8(3-11)5-12(16,4-7)6-11/h8-9,13,16H,1-7H2,(H,14,15);7-8,16H,1-6H2,(H,14,15). The summed E-state index contributed by atoms with van der Waals surface area (Å²) < 4.78 is 0. The number of nitrogens with one attached hydrogen (secondary N) is 1. The van der Waals surface area contributed by atoms with E-state index in [0.29, 0.717) is 42.9 Å². The summed E-state index contributed by atoms with van der Waals surface area (Å²) in [6.45, 7) is 0.0233. The minimum absolute atomic E-state index is 0.0233. The molecule has 0 aromatic carbocycles. The number of aliphatic carboxylic acids is 2. The zero-order valence-corrected chi connectivity index (χ0v) is 18.5. The molecule has 8 bridgehead atoms. The Balaban J connectivity index is 0.000000135. The number of carbonyl (C=O) groups excluding carboxylic acids is 1. The molecule has 0 radical (unpaired) electrons. The van der Waals surface area contributed by atoms with E-state index in [-0.39, 0.29) is 12.1 Å². The average Bonchev–Trinajstić information content (AvgIpc) is 2.62. The fourth-order valence-corrected chi connectivity index (χ4v) is 9.39. The van der Waals surface area contributed by atoms with Crippen molar-refractivity contribution in [3.8, 4) is 0 Å². The monoisotopic (exact) mass is 449 g/mol. The Morgan fingerprint density at radius 3 is 1.59 bits per heavy atom. The number of hydrogen-bond donors (Lipinski definition) is 5. The van der Waals surface area contributed by atoms with Crippen LogP contribution in [0.2, 0.25) is 0 Å². The summed E-state index contributed by atoms with van der Waals surface area (Å²) in [5, 5.41) is 41.6. The van der Waals surface area contributed by atoms with Gasteiger partial charge in [0.25, 0.3) is 0 Å². The summed E-state index contributed by atoms with van der Waals surface area (Å²) in [7, 11) is 0. The molecule has 8 nitrogen and oxygen atoms in total. The molecule has 0 spiro atoms. The van der Waals surface area contributed by atoms with Gasteiger partial charge in [0.05, 0.1) is 17.7 Å². The van der Waals surface area contributed by atoms with Crippen molar-refractivity contribution in [1.82, 2.24) is 5.32 Å². The molecule has 0 aliphatic heterocycles. The van der Waals surface area contributed by atoms with Gasteiger partial charge < -0.3 is 25.7 Å². The van der Waals surface area contributed by atoms with Crippen LogP contribution in [0.25, 0.3) is 0 Å². The normalized spacial score (nSPS) is 49.4. The molecule has 8 fully saturated rings. The highest BCUT2D eigenvalue weighted by atomic mass is 16.4. The zero-order valence-electron chi connectivity index (χ0n) is 18.5. The van der Waals surface area contributed by atoms with E-state index in [1.54, 1.807) is 0 Å². The van der Waals surface area contributed by atoms with Gasteiger partial charge in [0.1, 0.15) is 0 Å². The first-order valence-corrected chi connectivity index (χ1v) is 12.1. The Morgan fingerprint density at radius 1 is 0.719 bits per heavy atom. The Kier molecular flexibility index (Phi) is 5.04. The number of carbonyl (C=O) groups is 3. The van der Waals surface area contributed by atoms with Crippen molar-refractivity contribution in [3.05, 3.63) is 0 Å². The molecule has 4 atom stereocenters. The Labute approximate surface area is 187 Å². The summed E-state index contributed by atoms with van der Waals surface area (Å²) in [5.41, 5.74) is -2.09. The Hall–Kier alpha value is -1.51. The molecule has 5 N–H and O–H groups in total. The first kappa shape index (κ1) is 22.3. The fourth-order valence-electron chi connectivity index (χ4n) is 9.39. The van der Waals surface area contributed by atoms with E-state index in [2.05, 4.69) is 5.32 Å². The van der Waals surface area contributed by atoms with Gasteiger partial charge in [0, 0.05) is 11.0 Å². The molecular formula is C24H35NO7. The molecule has 8 saturated carbocycles. The lowest BCUT2D eigenvalue weighted by atomic mass is 9.47. The van der Waals surface area contributed by atoms with E-state index in [9.17, 15) is 24.6 Å². The predicted molar refractivity (Wildman–Crippen MR) is 113 cm³/mol. The molecule has 178 valence electrons. The first-order valence-electron chi connectivity index (χ1n) is 12.1. The highest BCUT2D eigenvalue weighted by Crippen LogP contribution is 2.62. The largest absolute Gasteiger partial charge is 0.480 e. The van der Waals surface area contributed by atoms with E-state index in [1.807, 2.05) is 0 Å². The third-order valence-corrected chi connectivity index (χ3v) is 9.35. The Morgan fingerprint density at radius 2 is 1.19 bits per heavy atom. The van der Waals surface area contributed by atoms with Crippen LogP contribution in [-0.4, -0.2) is 61.4 Å². The molecular weight excluding hydrogens is 414 g/mol. The van der Waals surface area contributed by atoms with Crippen LogP contribution in [0.3, 0.4) is 0 Å². The van der Waals surface area contributed by atoms with Crippen LogP contribution >= 0.6 is 0 Å². The highest BCUT2D eigenvalue weighted by Gasteiger charge is 2.61. The second-order valence-corrected chi connectivity index (χ2v) is 12.3. The number of aliphatic hydroxyl groups is 2. The molecule has 0 saturated heterocycles. The molecule has 8 aliphatic carbocycles. The molecule has 8 heteroatoms. The number of hydrogen-bond acceptors (Lipinski definition) is 6. The van der Waals surface area contributed by atoms with Crippen molar-refractivity contribution in [2.45, 2.75) is 93.8 Å². The van der Waals surface area contributed by atoms with Gasteiger partial charge in [-0.1, -0.05) is 0 Å². The topological polar surface area (TPSA) is 144 Å². The fraction of sp³-hybridized carbons (Fsp3) is 0.875. The van der Waals surface area contributed by atoms with Gasteiger partial charge in [-0.15, -0.1) is 0 Å². The number of carboxylic acid groups (broad SMARTS) is 2. The zero-order chi connectivity index (χ0) is 22.9. The SMILES string of the molecule is O=C(O)C(=O)C12CC3CC(CC(O)(C3)C1)C2.O=C(O)CNC12CC3CC(CC(O)(C3)C1)C2. The number of ketones is 1. The predicted octanol–water partition coefficient (Wildman–Crippen LogP) is 1.72. The van der Waals surface area contributed by atoms with Crippen LogP contribution in [0.15, 0.2) is 0 Å². The van der Waals surface area contributed by atoms with Gasteiger partial charge in [-0.25, -0.2) is 4.79 Å². The van der Waals surface area contributed by atoms with E-state index in [4.69, 9.17) is 10.2 Å². The summed E-state index contributed by atoms with van der Waals surface area (Å²) in [6, 6.07) is 0. The molecule has 0 aromatic rings. The van der Waals surface area contributed by atoms with E-state index >= 15 is 0 Å². The van der Waals surface area contributed by atoms with Crippen LogP contribution in [0.4, 0.5) is 0 Å². The quantitative estimate of drug-likeness (QED) is 0.399. The van der Waals surface area contributed by atoms with Gasteiger partial charge in [-0.3, -0.25) is 9.59 Å². The van der Waals surface area contributed by atoms with Gasteiger partial charge >= 0.3 is 11.9 Å². The van der Waals surface area contributed by atoms with Crippen LogP contribution in [0.5, 0.6) is 0 Å². The lowest BCUT2D eigenvalue weighted by Gasteiger charge is -2.60. The molecule has 8 rings (SSSR count). The molecule has 0 amide bonds. The maximum atomic E-state index is 11.8. The average molecular weight is 450 g/mol. The summed E-state index contributed by atoms with van der Waals surface area (Å²) >= 11 is 0. The van der Waals surface area contributed by atoms with Crippen molar-refractivity contribution in [1.29, 1.82) is 0 Å². The smallest absolute Gasteiger partial charge is 0.372 e. The van der Waals surface area contributed by atoms with E-state index < -0.39 is 34.3 Å². The second kappa shape index (κ2) is 7.24. The maximum absolute atomic E-state index is 11.8. The number of rotatable bonds is 5. The highest BCUT2D eigenvalue weighted by molar-refractivity contribution is 6.35. The van der Waals surface area contributed by atoms with Crippen molar-refractivity contribution < 1.29 is 34.8 Å². The second-order valence-electron chi connectivity index (χ2n) is 12.3. The summed E-state index contributed by atoms with van der Waals surface area (Å²) in [5.74, 6) is -0.877. The van der Waals surface area contributed by atoms with Crippen LogP contribution in [0, 0.1) is 29.1 Å². The van der Waals surface area contributed by atoms with E-state index in [1.165, 1.54) is 6.42 Å². The number of Topliss-reactive ketones (excluding diaryl/α,β-unsaturated/α-hetero) is 1. The Bertz CT molecular complexity index is 810.